The van der Waals surface area contributed by atoms with E-state index in [0.29, 0.717) is 5.69 Å². The first kappa shape index (κ1) is 22.5. The maximum Gasteiger partial charge on any atom is 0.417 e. The van der Waals surface area contributed by atoms with Crippen molar-refractivity contribution in [3.8, 4) is 0 Å². The van der Waals surface area contributed by atoms with Crippen molar-refractivity contribution >= 4 is 34.8 Å². The normalized spacial score (nSPS) is 11.1. The lowest BCUT2D eigenvalue weighted by Gasteiger charge is -2.14. The van der Waals surface area contributed by atoms with Gasteiger partial charge in [0, 0.05) is 11.4 Å². The predicted octanol–water partition coefficient (Wildman–Crippen LogP) is 4.45. The number of halogens is 4. The first-order valence-corrected chi connectivity index (χ1v) is 9.10. The summed E-state index contributed by atoms with van der Waals surface area (Å²) < 4.78 is 38.6. The molecule has 0 fully saturated rings. The van der Waals surface area contributed by atoms with Gasteiger partial charge < -0.3 is 16.0 Å². The molecule has 2 rings (SSSR count). The van der Waals surface area contributed by atoms with Crippen LogP contribution >= 0.6 is 11.6 Å². The van der Waals surface area contributed by atoms with Crippen LogP contribution in [0, 0.1) is 20.8 Å². The summed E-state index contributed by atoms with van der Waals surface area (Å²) in [7, 11) is 0. The third-order valence-corrected chi connectivity index (χ3v) is 4.44. The van der Waals surface area contributed by atoms with E-state index in [2.05, 4.69) is 16.0 Å². The van der Waals surface area contributed by atoms with Crippen molar-refractivity contribution in [2.24, 2.45) is 0 Å². The fraction of sp³-hybridized carbons (Fsp3) is 0.300. The molecule has 2 amide bonds. The van der Waals surface area contributed by atoms with Crippen LogP contribution in [0.15, 0.2) is 30.3 Å². The molecule has 0 aliphatic carbocycles. The van der Waals surface area contributed by atoms with E-state index in [0.717, 1.165) is 28.8 Å². The van der Waals surface area contributed by atoms with Gasteiger partial charge in [0.25, 0.3) is 0 Å². The quantitative estimate of drug-likeness (QED) is 0.637. The Morgan fingerprint density at radius 2 is 1.59 bits per heavy atom. The molecule has 5 nitrogen and oxygen atoms in total. The molecule has 156 valence electrons. The number of carbonyl (C=O) groups is 2. The molecule has 29 heavy (non-hydrogen) atoms. The van der Waals surface area contributed by atoms with Crippen LogP contribution < -0.4 is 16.0 Å². The molecule has 0 saturated carbocycles. The molecule has 0 spiro atoms. The zero-order valence-electron chi connectivity index (χ0n) is 16.1. The van der Waals surface area contributed by atoms with Crippen molar-refractivity contribution in [3.63, 3.8) is 0 Å². The number of rotatable bonds is 6. The van der Waals surface area contributed by atoms with E-state index >= 15 is 0 Å². The van der Waals surface area contributed by atoms with Crippen LogP contribution in [0.3, 0.4) is 0 Å². The first-order chi connectivity index (χ1) is 13.5. The molecule has 3 N–H and O–H groups in total. The summed E-state index contributed by atoms with van der Waals surface area (Å²) in [4.78, 5) is 24.0. The molecular weight excluding hydrogens is 407 g/mol. The fourth-order valence-corrected chi connectivity index (χ4v) is 3.06. The van der Waals surface area contributed by atoms with Crippen LogP contribution in [0.1, 0.15) is 22.3 Å². The van der Waals surface area contributed by atoms with Crippen LogP contribution in [0.4, 0.5) is 24.5 Å². The van der Waals surface area contributed by atoms with Crippen molar-refractivity contribution in [3.05, 3.63) is 57.6 Å². The molecule has 2 aromatic carbocycles. The maximum absolute atomic E-state index is 12.9. The highest BCUT2D eigenvalue weighted by Gasteiger charge is 2.33. The van der Waals surface area contributed by atoms with E-state index in [1.54, 1.807) is 0 Å². The van der Waals surface area contributed by atoms with Crippen molar-refractivity contribution in [2.45, 2.75) is 26.9 Å². The van der Waals surface area contributed by atoms with Crippen molar-refractivity contribution < 1.29 is 22.8 Å². The number of anilines is 2. The zero-order chi connectivity index (χ0) is 21.8. The SMILES string of the molecule is Cc1cc(C)c(NC(=O)CNC(=O)CNc2ccc(Cl)c(C(F)(F)F)c2)c(C)c1. The van der Waals surface area contributed by atoms with Crippen LogP contribution in [-0.2, 0) is 15.8 Å². The number of amides is 2. The van der Waals surface area contributed by atoms with Gasteiger partial charge >= 0.3 is 6.18 Å². The Hall–Kier alpha value is -2.74. The Morgan fingerprint density at radius 3 is 2.17 bits per heavy atom. The fourth-order valence-electron chi connectivity index (χ4n) is 2.84. The molecule has 0 radical (unpaired) electrons. The second-order valence-corrected chi connectivity index (χ2v) is 7.05. The molecule has 0 saturated heterocycles. The van der Waals surface area contributed by atoms with Crippen LogP contribution in [0.25, 0.3) is 0 Å². The smallest absolute Gasteiger partial charge is 0.376 e. The van der Waals surface area contributed by atoms with Gasteiger partial charge in [-0.1, -0.05) is 29.3 Å². The van der Waals surface area contributed by atoms with E-state index in [1.165, 1.54) is 6.07 Å². The Labute approximate surface area is 171 Å². The highest BCUT2D eigenvalue weighted by atomic mass is 35.5. The van der Waals surface area contributed by atoms with Crippen LogP contribution in [0.5, 0.6) is 0 Å². The van der Waals surface area contributed by atoms with Crippen molar-refractivity contribution in [1.82, 2.24) is 5.32 Å². The molecule has 0 aromatic heterocycles. The second-order valence-electron chi connectivity index (χ2n) is 6.64. The Balaban J connectivity index is 1.87. The summed E-state index contributed by atoms with van der Waals surface area (Å²) in [5, 5.41) is 7.32. The van der Waals surface area contributed by atoms with Gasteiger partial charge in [0.15, 0.2) is 0 Å². The lowest BCUT2D eigenvalue weighted by atomic mass is 10.1. The summed E-state index contributed by atoms with van der Waals surface area (Å²) in [6.45, 7) is 5.15. The highest BCUT2D eigenvalue weighted by Crippen LogP contribution is 2.36. The van der Waals surface area contributed by atoms with Gasteiger partial charge in [-0.25, -0.2) is 0 Å². The molecule has 2 aromatic rings. The van der Waals surface area contributed by atoms with Crippen LogP contribution in [-0.4, -0.2) is 24.9 Å². The Kier molecular flexibility index (Phi) is 7.13. The first-order valence-electron chi connectivity index (χ1n) is 8.72. The monoisotopic (exact) mass is 427 g/mol. The molecule has 0 heterocycles. The average Bonchev–Trinajstić information content (AvgIpc) is 2.61. The van der Waals surface area contributed by atoms with Crippen LogP contribution in [0.2, 0.25) is 5.02 Å². The highest BCUT2D eigenvalue weighted by molar-refractivity contribution is 6.31. The number of hydrogen-bond acceptors (Lipinski definition) is 3. The number of hydrogen-bond donors (Lipinski definition) is 3. The molecule has 0 atom stereocenters. The molecule has 0 bridgehead atoms. The number of alkyl halides is 3. The van der Waals surface area contributed by atoms with Crippen molar-refractivity contribution in [2.75, 3.05) is 23.7 Å². The van der Waals surface area contributed by atoms with Gasteiger partial charge in [0.2, 0.25) is 11.8 Å². The molecular formula is C20H21ClF3N3O2. The van der Waals surface area contributed by atoms with E-state index in [1.807, 2.05) is 32.9 Å². The summed E-state index contributed by atoms with van der Waals surface area (Å²) in [6.07, 6.45) is -4.60. The zero-order valence-corrected chi connectivity index (χ0v) is 16.9. The summed E-state index contributed by atoms with van der Waals surface area (Å²) in [6, 6.07) is 7.13. The minimum atomic E-state index is -4.60. The number of aryl methyl sites for hydroxylation is 3. The standard InChI is InChI=1S/C20H21ClF3N3O2/c1-11-6-12(2)19(13(3)7-11)27-18(29)10-26-17(28)9-25-14-4-5-16(21)15(8-14)20(22,23)24/h4-8,25H,9-10H2,1-3H3,(H,26,28)(H,27,29). The number of benzene rings is 2. The lowest BCUT2D eigenvalue weighted by Crippen LogP contribution is -2.36. The molecule has 0 aliphatic heterocycles. The van der Waals surface area contributed by atoms with Gasteiger partial charge in [-0.05, 0) is 50.1 Å². The van der Waals surface area contributed by atoms with Gasteiger partial charge in [-0.2, -0.15) is 13.2 Å². The van der Waals surface area contributed by atoms with Gasteiger partial charge in [-0.15, -0.1) is 0 Å². The number of carbonyl (C=O) groups excluding carboxylic acids is 2. The third-order valence-electron chi connectivity index (χ3n) is 4.11. The maximum atomic E-state index is 12.9. The van der Waals surface area contributed by atoms with E-state index in [9.17, 15) is 22.8 Å². The molecule has 9 heteroatoms. The average molecular weight is 428 g/mol. The number of nitrogens with one attached hydrogen (secondary N) is 3. The van der Waals surface area contributed by atoms with Crippen molar-refractivity contribution in [1.29, 1.82) is 0 Å². The van der Waals surface area contributed by atoms with Gasteiger partial charge in [0.1, 0.15) is 0 Å². The van der Waals surface area contributed by atoms with Gasteiger partial charge in [-0.3, -0.25) is 9.59 Å². The third kappa shape index (κ3) is 6.39. The molecule has 0 aliphatic rings. The second kappa shape index (κ2) is 9.17. The topological polar surface area (TPSA) is 70.2 Å². The minimum Gasteiger partial charge on any atom is -0.376 e. The summed E-state index contributed by atoms with van der Waals surface area (Å²) in [5.41, 5.74) is 2.68. The summed E-state index contributed by atoms with van der Waals surface area (Å²) in [5.74, 6) is -0.944. The largest absolute Gasteiger partial charge is 0.417 e. The molecule has 0 unspecified atom stereocenters. The van der Waals surface area contributed by atoms with E-state index < -0.39 is 28.6 Å². The Bertz CT molecular complexity index is 907. The van der Waals surface area contributed by atoms with E-state index in [4.69, 9.17) is 11.6 Å². The lowest BCUT2D eigenvalue weighted by molar-refractivity contribution is -0.137. The Morgan fingerprint density at radius 1 is 0.966 bits per heavy atom. The predicted molar refractivity (Wildman–Crippen MR) is 107 cm³/mol. The minimum absolute atomic E-state index is 0.0900. The summed E-state index contributed by atoms with van der Waals surface area (Å²) >= 11 is 5.55. The van der Waals surface area contributed by atoms with E-state index in [-0.39, 0.29) is 18.8 Å². The van der Waals surface area contributed by atoms with Gasteiger partial charge in [0.05, 0.1) is 23.7 Å².